The third kappa shape index (κ3) is 3.30. The van der Waals surface area contributed by atoms with Gasteiger partial charge in [0.25, 0.3) is 0 Å². The average molecular weight is 359 g/mol. The van der Waals surface area contributed by atoms with Gasteiger partial charge in [0.1, 0.15) is 5.82 Å². The van der Waals surface area contributed by atoms with Crippen LogP contribution in [-0.4, -0.2) is 0 Å². The molecule has 2 rings (SSSR count). The first-order chi connectivity index (χ1) is 9.52. The molecule has 0 saturated carbocycles. The number of nitrogens with one attached hydrogen (secondary N) is 1. The molecule has 0 saturated heterocycles. The number of rotatable bonds is 4. The van der Waals surface area contributed by atoms with Crippen LogP contribution in [0.4, 0.5) is 10.1 Å². The second-order valence-electron chi connectivity index (χ2n) is 4.41. The molecule has 0 amide bonds. The Morgan fingerprint density at radius 2 is 2.05 bits per heavy atom. The number of hydrazine groups is 1. The van der Waals surface area contributed by atoms with Crippen LogP contribution in [0.15, 0.2) is 40.9 Å². The third-order valence-corrected chi connectivity index (χ3v) is 3.87. The summed E-state index contributed by atoms with van der Waals surface area (Å²) in [5.41, 5.74) is 10.5. The summed E-state index contributed by atoms with van der Waals surface area (Å²) in [7, 11) is 0. The molecule has 2 aromatic rings. The van der Waals surface area contributed by atoms with E-state index in [2.05, 4.69) is 21.4 Å². The molecule has 0 heterocycles. The van der Waals surface area contributed by atoms with Crippen LogP contribution in [0.25, 0.3) is 0 Å². The van der Waals surface area contributed by atoms with Crippen molar-refractivity contribution < 1.29 is 4.39 Å². The standard InChI is InChI=1S/C14H14BrClFN3/c15-9-4-5-12(18)10(7-9)13(20-19)6-8-2-1-3-11(16)14(8)17/h1-5,7,13,20H,6,18-19H2. The summed E-state index contributed by atoms with van der Waals surface area (Å²) in [6, 6.07) is 10.1. The molecule has 1 atom stereocenters. The Bertz CT molecular complexity index is 621. The van der Waals surface area contributed by atoms with Crippen molar-refractivity contribution in [2.75, 3.05) is 5.73 Å². The first-order valence-corrected chi connectivity index (χ1v) is 7.14. The van der Waals surface area contributed by atoms with E-state index in [-0.39, 0.29) is 11.1 Å². The zero-order chi connectivity index (χ0) is 14.7. The van der Waals surface area contributed by atoms with Crippen molar-refractivity contribution in [3.8, 4) is 0 Å². The summed E-state index contributed by atoms with van der Waals surface area (Å²) >= 11 is 9.17. The summed E-state index contributed by atoms with van der Waals surface area (Å²) in [4.78, 5) is 0. The van der Waals surface area contributed by atoms with Gasteiger partial charge in [-0.3, -0.25) is 11.3 Å². The van der Waals surface area contributed by atoms with Crippen LogP contribution in [0.2, 0.25) is 5.02 Å². The summed E-state index contributed by atoms with van der Waals surface area (Å²) in [6.45, 7) is 0. The summed E-state index contributed by atoms with van der Waals surface area (Å²) in [5.74, 6) is 5.16. The number of nitrogens with two attached hydrogens (primary N) is 2. The van der Waals surface area contributed by atoms with Gasteiger partial charge < -0.3 is 5.73 Å². The maximum atomic E-state index is 14.0. The number of hydrogen-bond donors (Lipinski definition) is 3. The van der Waals surface area contributed by atoms with Crippen LogP contribution in [0.1, 0.15) is 17.2 Å². The van der Waals surface area contributed by atoms with E-state index < -0.39 is 5.82 Å². The van der Waals surface area contributed by atoms with Crippen molar-refractivity contribution in [3.63, 3.8) is 0 Å². The fourth-order valence-electron chi connectivity index (χ4n) is 2.03. The fourth-order valence-corrected chi connectivity index (χ4v) is 2.60. The molecule has 0 bridgehead atoms. The van der Waals surface area contributed by atoms with E-state index >= 15 is 0 Å². The SMILES string of the molecule is NNC(Cc1cccc(Cl)c1F)c1cc(Br)ccc1N. The fraction of sp³-hybridized carbons (Fsp3) is 0.143. The molecule has 0 aliphatic carbocycles. The van der Waals surface area contributed by atoms with E-state index in [1.807, 2.05) is 12.1 Å². The van der Waals surface area contributed by atoms with E-state index in [1.54, 1.807) is 18.2 Å². The molecule has 1 unspecified atom stereocenters. The predicted octanol–water partition coefficient (Wildman–Crippen LogP) is 3.57. The van der Waals surface area contributed by atoms with Gasteiger partial charge in [0, 0.05) is 10.2 Å². The Morgan fingerprint density at radius 3 is 2.75 bits per heavy atom. The monoisotopic (exact) mass is 357 g/mol. The maximum absolute atomic E-state index is 14.0. The lowest BCUT2D eigenvalue weighted by Crippen LogP contribution is -2.30. The maximum Gasteiger partial charge on any atom is 0.145 e. The lowest BCUT2D eigenvalue weighted by Gasteiger charge is -2.19. The largest absolute Gasteiger partial charge is 0.398 e. The Labute approximate surface area is 130 Å². The van der Waals surface area contributed by atoms with Crippen molar-refractivity contribution in [1.29, 1.82) is 0 Å². The van der Waals surface area contributed by atoms with Gasteiger partial charge in [0.2, 0.25) is 0 Å². The minimum Gasteiger partial charge on any atom is -0.398 e. The van der Waals surface area contributed by atoms with Crippen LogP contribution in [-0.2, 0) is 6.42 Å². The van der Waals surface area contributed by atoms with Gasteiger partial charge in [0.05, 0.1) is 11.1 Å². The Balaban J connectivity index is 2.34. The second-order valence-corrected chi connectivity index (χ2v) is 5.73. The van der Waals surface area contributed by atoms with E-state index in [9.17, 15) is 4.39 Å². The lowest BCUT2D eigenvalue weighted by molar-refractivity contribution is 0.530. The second kappa shape index (κ2) is 6.54. The molecular formula is C14H14BrClFN3. The number of halogens is 3. The summed E-state index contributed by atoms with van der Waals surface area (Å²) < 4.78 is 14.8. The predicted molar refractivity (Wildman–Crippen MR) is 83.7 cm³/mol. The normalized spacial score (nSPS) is 12.4. The van der Waals surface area contributed by atoms with Crippen molar-refractivity contribution in [2.24, 2.45) is 5.84 Å². The molecule has 20 heavy (non-hydrogen) atoms. The molecule has 0 fully saturated rings. The van der Waals surface area contributed by atoms with Crippen molar-refractivity contribution >= 4 is 33.2 Å². The van der Waals surface area contributed by atoms with Crippen LogP contribution in [0.5, 0.6) is 0 Å². The minimum atomic E-state index is -0.428. The molecule has 106 valence electrons. The molecule has 0 spiro atoms. The van der Waals surface area contributed by atoms with Crippen molar-refractivity contribution in [2.45, 2.75) is 12.5 Å². The number of nitrogen functional groups attached to an aromatic ring is 1. The first kappa shape index (κ1) is 15.3. The topological polar surface area (TPSA) is 64.1 Å². The zero-order valence-corrected chi connectivity index (χ0v) is 12.9. The molecule has 0 radical (unpaired) electrons. The zero-order valence-electron chi connectivity index (χ0n) is 10.5. The van der Waals surface area contributed by atoms with Crippen LogP contribution in [0, 0.1) is 5.82 Å². The molecule has 0 aliphatic rings. The highest BCUT2D eigenvalue weighted by atomic mass is 79.9. The van der Waals surface area contributed by atoms with Gasteiger partial charge in [-0.25, -0.2) is 4.39 Å². The van der Waals surface area contributed by atoms with Gasteiger partial charge in [-0.05, 0) is 41.8 Å². The molecule has 0 aromatic heterocycles. The molecule has 6 heteroatoms. The number of hydrogen-bond acceptors (Lipinski definition) is 3. The highest BCUT2D eigenvalue weighted by Crippen LogP contribution is 2.28. The van der Waals surface area contributed by atoms with Gasteiger partial charge >= 0.3 is 0 Å². The van der Waals surface area contributed by atoms with E-state index in [0.717, 1.165) is 10.0 Å². The molecule has 5 N–H and O–H groups in total. The van der Waals surface area contributed by atoms with E-state index in [0.29, 0.717) is 17.7 Å². The summed E-state index contributed by atoms with van der Waals surface area (Å²) in [5, 5.41) is 0.0977. The van der Waals surface area contributed by atoms with Crippen LogP contribution in [0.3, 0.4) is 0 Å². The van der Waals surface area contributed by atoms with Crippen molar-refractivity contribution in [3.05, 3.63) is 62.8 Å². The Morgan fingerprint density at radius 1 is 1.30 bits per heavy atom. The summed E-state index contributed by atoms with van der Waals surface area (Å²) in [6.07, 6.45) is 0.351. The van der Waals surface area contributed by atoms with E-state index in [1.165, 1.54) is 6.07 Å². The highest BCUT2D eigenvalue weighted by molar-refractivity contribution is 9.10. The number of benzene rings is 2. The first-order valence-electron chi connectivity index (χ1n) is 5.97. The van der Waals surface area contributed by atoms with Crippen molar-refractivity contribution in [1.82, 2.24) is 5.43 Å². The molecule has 2 aromatic carbocycles. The Hall–Kier alpha value is -1.14. The number of anilines is 1. The average Bonchev–Trinajstić information content (AvgIpc) is 2.43. The van der Waals surface area contributed by atoms with Gasteiger partial charge in [-0.1, -0.05) is 39.7 Å². The van der Waals surface area contributed by atoms with Gasteiger partial charge in [-0.2, -0.15) is 0 Å². The van der Waals surface area contributed by atoms with E-state index in [4.69, 9.17) is 23.2 Å². The quantitative estimate of drug-likeness (QED) is 0.445. The third-order valence-electron chi connectivity index (χ3n) is 3.08. The smallest absolute Gasteiger partial charge is 0.145 e. The molecule has 3 nitrogen and oxygen atoms in total. The van der Waals surface area contributed by atoms with Gasteiger partial charge in [0.15, 0.2) is 0 Å². The molecular weight excluding hydrogens is 345 g/mol. The highest BCUT2D eigenvalue weighted by Gasteiger charge is 2.17. The van der Waals surface area contributed by atoms with Crippen LogP contribution < -0.4 is 17.0 Å². The Kier molecular flexibility index (Phi) is 4.99. The lowest BCUT2D eigenvalue weighted by atomic mass is 9.98. The van der Waals surface area contributed by atoms with Gasteiger partial charge in [-0.15, -0.1) is 0 Å². The minimum absolute atomic E-state index is 0.0977. The van der Waals surface area contributed by atoms with Crippen LogP contribution >= 0.6 is 27.5 Å². The molecule has 0 aliphatic heterocycles.